The number of nitrogens with zero attached hydrogens (tertiary/aromatic N) is 3. The number of ether oxygens (including phenoxy) is 2. The second kappa shape index (κ2) is 9.22. The number of likely N-dealkylation sites (N-methyl/N-ethyl adjacent to an activating group) is 1. The van der Waals surface area contributed by atoms with Crippen LogP contribution in [0.1, 0.15) is 42.2 Å². The maximum absolute atomic E-state index is 13.2. The molecule has 1 aromatic heterocycles. The first kappa shape index (κ1) is 22.8. The Morgan fingerprint density at radius 2 is 2.00 bits per heavy atom. The van der Waals surface area contributed by atoms with Crippen LogP contribution in [-0.2, 0) is 21.4 Å². The fraction of sp³-hybridized carbons (Fsp3) is 0.478. The zero-order valence-corrected chi connectivity index (χ0v) is 19.3. The largest absolute Gasteiger partial charge is 0.490 e. The summed E-state index contributed by atoms with van der Waals surface area (Å²) in [6, 6.07) is 4.83. The van der Waals surface area contributed by atoms with Crippen molar-refractivity contribution in [2.75, 3.05) is 24.3 Å². The number of anilines is 2. The Morgan fingerprint density at radius 3 is 2.70 bits per heavy atom. The predicted molar refractivity (Wildman–Crippen MR) is 121 cm³/mol. The Balaban J connectivity index is 1.44. The summed E-state index contributed by atoms with van der Waals surface area (Å²) in [4.78, 5) is 38.8. The van der Waals surface area contributed by atoms with Crippen LogP contribution in [0, 0.1) is 6.92 Å². The number of rotatable bonds is 4. The molecule has 4 rings (SSSR count). The van der Waals surface area contributed by atoms with Gasteiger partial charge in [0, 0.05) is 32.9 Å². The van der Waals surface area contributed by atoms with Gasteiger partial charge in [-0.25, -0.2) is 0 Å². The maximum Gasteiger partial charge on any atom is 0.257 e. The second-order valence-electron chi connectivity index (χ2n) is 8.61. The van der Waals surface area contributed by atoms with E-state index < -0.39 is 0 Å². The molecule has 1 saturated heterocycles. The summed E-state index contributed by atoms with van der Waals surface area (Å²) >= 11 is 0. The fourth-order valence-corrected chi connectivity index (χ4v) is 4.44. The van der Waals surface area contributed by atoms with E-state index in [1.54, 1.807) is 48.1 Å². The van der Waals surface area contributed by atoms with E-state index >= 15 is 0 Å². The molecule has 0 aliphatic carbocycles. The third-order valence-corrected chi connectivity index (χ3v) is 6.03. The normalized spacial score (nSPS) is 22.4. The summed E-state index contributed by atoms with van der Waals surface area (Å²) in [5, 5.41) is 9.82. The Hall–Kier alpha value is -3.40. The van der Waals surface area contributed by atoms with Crippen molar-refractivity contribution < 1.29 is 23.9 Å². The molecule has 2 aliphatic heterocycles. The monoisotopic (exact) mass is 455 g/mol. The summed E-state index contributed by atoms with van der Waals surface area (Å²) in [5.41, 5.74) is 2.38. The average molecular weight is 456 g/mol. The molecule has 2 aromatic rings. The minimum absolute atomic E-state index is 0.137. The molecule has 0 unspecified atom stereocenters. The summed E-state index contributed by atoms with van der Waals surface area (Å²) in [5.74, 6) is -0.104. The summed E-state index contributed by atoms with van der Waals surface area (Å²) in [7, 11) is 3.56. The lowest BCUT2D eigenvalue weighted by Crippen LogP contribution is -2.53. The molecule has 176 valence electrons. The fourth-order valence-electron chi connectivity index (χ4n) is 4.44. The molecule has 3 heterocycles. The van der Waals surface area contributed by atoms with Crippen LogP contribution in [0.4, 0.5) is 11.4 Å². The summed E-state index contributed by atoms with van der Waals surface area (Å²) in [6.45, 7) is 3.52. The van der Waals surface area contributed by atoms with E-state index in [2.05, 4.69) is 15.7 Å². The van der Waals surface area contributed by atoms with Gasteiger partial charge in [-0.1, -0.05) is 0 Å². The van der Waals surface area contributed by atoms with E-state index in [1.165, 1.54) is 6.92 Å². The first-order chi connectivity index (χ1) is 15.7. The average Bonchev–Trinajstić information content (AvgIpc) is 3.07. The molecule has 0 spiro atoms. The van der Waals surface area contributed by atoms with Crippen LogP contribution in [0.5, 0.6) is 5.75 Å². The van der Waals surface area contributed by atoms with Crippen molar-refractivity contribution in [2.24, 2.45) is 7.05 Å². The van der Waals surface area contributed by atoms with E-state index in [4.69, 9.17) is 9.47 Å². The molecular weight excluding hydrogens is 426 g/mol. The molecule has 2 N–H and O–H groups in total. The van der Waals surface area contributed by atoms with Crippen molar-refractivity contribution in [2.45, 2.75) is 51.4 Å². The van der Waals surface area contributed by atoms with Crippen LogP contribution in [0.2, 0.25) is 0 Å². The lowest BCUT2D eigenvalue weighted by Gasteiger charge is -2.42. The van der Waals surface area contributed by atoms with Crippen LogP contribution in [0.25, 0.3) is 0 Å². The topological polar surface area (TPSA) is 115 Å². The molecular formula is C23H29N5O5. The summed E-state index contributed by atoms with van der Waals surface area (Å²) in [6.07, 6.45) is 2.71. The first-order valence-corrected chi connectivity index (χ1v) is 11.0. The van der Waals surface area contributed by atoms with Crippen molar-refractivity contribution in [1.82, 2.24) is 14.7 Å². The predicted octanol–water partition coefficient (Wildman–Crippen LogP) is 2.10. The van der Waals surface area contributed by atoms with Crippen molar-refractivity contribution in [3.05, 3.63) is 35.7 Å². The SMILES string of the molecule is CC(=O)Nc1ccc2c(c1)C(=O)N(C)[C@H]1CC[C@H](CC(=O)Nc3cn(C)nc3C)O[C@@H]1CO2. The number of carbonyl (C=O) groups excluding carboxylic acids is 3. The first-order valence-electron chi connectivity index (χ1n) is 11.0. The van der Waals surface area contributed by atoms with Gasteiger partial charge in [0.2, 0.25) is 11.8 Å². The van der Waals surface area contributed by atoms with Gasteiger partial charge in [0.05, 0.1) is 35.5 Å². The van der Waals surface area contributed by atoms with E-state index in [0.29, 0.717) is 35.5 Å². The van der Waals surface area contributed by atoms with Crippen molar-refractivity contribution in [1.29, 1.82) is 0 Å². The Labute approximate surface area is 192 Å². The number of hydrogen-bond donors (Lipinski definition) is 2. The van der Waals surface area contributed by atoms with E-state index in [9.17, 15) is 14.4 Å². The third kappa shape index (κ3) is 5.00. The summed E-state index contributed by atoms with van der Waals surface area (Å²) < 4.78 is 13.8. The molecule has 10 nitrogen and oxygen atoms in total. The smallest absolute Gasteiger partial charge is 0.257 e. The highest BCUT2D eigenvalue weighted by Gasteiger charge is 2.39. The molecule has 0 saturated carbocycles. The molecule has 0 bridgehead atoms. The number of benzene rings is 1. The van der Waals surface area contributed by atoms with Gasteiger partial charge in [-0.05, 0) is 38.0 Å². The maximum atomic E-state index is 13.2. The molecule has 33 heavy (non-hydrogen) atoms. The zero-order chi connectivity index (χ0) is 23.7. The van der Waals surface area contributed by atoms with Crippen molar-refractivity contribution in [3.8, 4) is 5.75 Å². The van der Waals surface area contributed by atoms with Gasteiger partial charge < -0.3 is 25.0 Å². The molecule has 3 atom stereocenters. The number of amides is 3. The van der Waals surface area contributed by atoms with Gasteiger partial charge >= 0.3 is 0 Å². The van der Waals surface area contributed by atoms with Gasteiger partial charge in [0.1, 0.15) is 18.5 Å². The van der Waals surface area contributed by atoms with Crippen molar-refractivity contribution in [3.63, 3.8) is 0 Å². The van der Waals surface area contributed by atoms with Crippen LogP contribution in [0.15, 0.2) is 24.4 Å². The minimum Gasteiger partial charge on any atom is -0.490 e. The van der Waals surface area contributed by atoms with E-state index in [1.807, 2.05) is 6.92 Å². The molecule has 10 heteroatoms. The van der Waals surface area contributed by atoms with Gasteiger partial charge in [0.25, 0.3) is 5.91 Å². The lowest BCUT2D eigenvalue weighted by molar-refractivity contribution is -0.130. The van der Waals surface area contributed by atoms with E-state index in [0.717, 1.165) is 5.69 Å². The Kier molecular flexibility index (Phi) is 6.37. The van der Waals surface area contributed by atoms with Crippen LogP contribution in [0.3, 0.4) is 0 Å². The highest BCUT2D eigenvalue weighted by Crippen LogP contribution is 2.32. The van der Waals surface area contributed by atoms with Gasteiger partial charge in [-0.3, -0.25) is 19.1 Å². The number of fused-ring (bicyclic) bond motifs is 2. The van der Waals surface area contributed by atoms with Crippen LogP contribution >= 0.6 is 0 Å². The Morgan fingerprint density at radius 1 is 1.21 bits per heavy atom. The quantitative estimate of drug-likeness (QED) is 0.730. The number of nitrogens with one attached hydrogen (secondary N) is 2. The van der Waals surface area contributed by atoms with E-state index in [-0.39, 0.29) is 49.0 Å². The molecule has 3 amide bonds. The lowest BCUT2D eigenvalue weighted by atomic mass is 9.94. The molecule has 1 aromatic carbocycles. The van der Waals surface area contributed by atoms with Gasteiger partial charge in [-0.2, -0.15) is 5.10 Å². The number of hydrogen-bond acceptors (Lipinski definition) is 6. The van der Waals surface area contributed by atoms with Crippen molar-refractivity contribution >= 4 is 29.1 Å². The minimum atomic E-state index is -0.353. The number of carbonyl (C=O) groups is 3. The third-order valence-electron chi connectivity index (χ3n) is 6.03. The number of aryl methyl sites for hydroxylation is 2. The molecule has 0 radical (unpaired) electrons. The van der Waals surface area contributed by atoms with Crippen LogP contribution < -0.4 is 15.4 Å². The number of aromatic nitrogens is 2. The van der Waals surface area contributed by atoms with Gasteiger partial charge in [0.15, 0.2) is 0 Å². The second-order valence-corrected chi connectivity index (χ2v) is 8.61. The highest BCUT2D eigenvalue weighted by molar-refractivity contribution is 5.99. The van der Waals surface area contributed by atoms with Crippen LogP contribution in [-0.4, -0.2) is 64.3 Å². The van der Waals surface area contributed by atoms with Gasteiger partial charge in [-0.15, -0.1) is 0 Å². The molecule has 2 aliphatic rings. The molecule has 1 fully saturated rings. The zero-order valence-electron chi connectivity index (χ0n) is 19.3. The highest BCUT2D eigenvalue weighted by atomic mass is 16.5. The standard InChI is InChI=1S/C23H29N5O5/c1-13-18(11-27(3)26-13)25-22(30)10-16-6-7-19-21(33-16)12-32-20-8-5-15(24-14(2)29)9-17(20)23(31)28(19)4/h5,8-9,11,16,19,21H,6-7,10,12H2,1-4H3,(H,24,29)(H,25,30)/t16-,19+,21-/m1/s1. The Bertz CT molecular complexity index is 1080.